The van der Waals surface area contributed by atoms with Crippen LogP contribution in [0.15, 0.2) is 42.6 Å². The molecule has 0 unspecified atom stereocenters. The molecule has 2 aromatic carbocycles. The summed E-state index contributed by atoms with van der Waals surface area (Å²) in [5, 5.41) is 4.74. The van der Waals surface area contributed by atoms with E-state index in [9.17, 15) is 4.79 Å². The highest BCUT2D eigenvalue weighted by Crippen LogP contribution is 2.51. The van der Waals surface area contributed by atoms with Crippen LogP contribution in [0.3, 0.4) is 0 Å². The molecule has 4 rings (SSSR count). The Hall–Kier alpha value is -2.46. The smallest absolute Gasteiger partial charge is 0.235 e. The molecule has 0 radical (unpaired) electrons. The van der Waals surface area contributed by atoms with Gasteiger partial charge in [0.05, 0.1) is 18.2 Å². The molecule has 3 aromatic rings. The molecule has 1 fully saturated rings. The highest BCUT2D eigenvalue weighted by Gasteiger charge is 2.52. The van der Waals surface area contributed by atoms with E-state index >= 15 is 0 Å². The quantitative estimate of drug-likeness (QED) is 0.706. The van der Waals surface area contributed by atoms with E-state index < -0.39 is 5.41 Å². The van der Waals surface area contributed by atoms with Crippen molar-refractivity contribution in [1.82, 2.24) is 4.98 Å². The van der Waals surface area contributed by atoms with Gasteiger partial charge in [0.2, 0.25) is 5.91 Å². The summed E-state index contributed by atoms with van der Waals surface area (Å²) in [4.78, 5) is 16.3. The van der Waals surface area contributed by atoms with Gasteiger partial charge in [-0.15, -0.1) is 0 Å². The summed E-state index contributed by atoms with van der Waals surface area (Å²) in [6.07, 6.45) is 3.58. The maximum absolute atomic E-state index is 13.1. The van der Waals surface area contributed by atoms with Crippen molar-refractivity contribution in [2.75, 3.05) is 12.4 Å². The maximum atomic E-state index is 13.1. The van der Waals surface area contributed by atoms with Crippen LogP contribution in [0.5, 0.6) is 5.75 Å². The van der Waals surface area contributed by atoms with Crippen LogP contribution in [0.2, 0.25) is 5.02 Å². The van der Waals surface area contributed by atoms with E-state index in [0.717, 1.165) is 34.9 Å². The van der Waals surface area contributed by atoms with Crippen molar-refractivity contribution in [2.24, 2.45) is 0 Å². The Morgan fingerprint density at radius 1 is 1.24 bits per heavy atom. The van der Waals surface area contributed by atoms with Gasteiger partial charge in [-0.25, -0.2) is 0 Å². The topological polar surface area (TPSA) is 54.1 Å². The number of fused-ring (bicyclic) bond motifs is 1. The molecular formula is C20H19ClN2O2. The van der Waals surface area contributed by atoms with Gasteiger partial charge in [-0.1, -0.05) is 17.7 Å². The van der Waals surface area contributed by atoms with Crippen LogP contribution in [0, 0.1) is 6.92 Å². The first-order valence-electron chi connectivity index (χ1n) is 8.27. The van der Waals surface area contributed by atoms with Gasteiger partial charge in [0.15, 0.2) is 0 Å². The average molecular weight is 355 g/mol. The van der Waals surface area contributed by atoms with Crippen molar-refractivity contribution in [2.45, 2.75) is 25.2 Å². The van der Waals surface area contributed by atoms with Crippen LogP contribution >= 0.6 is 11.6 Å². The average Bonchev–Trinajstić information content (AvgIpc) is 3.29. The number of carbonyl (C=O) groups excluding carboxylic acids is 1. The molecule has 1 heterocycles. The van der Waals surface area contributed by atoms with E-state index in [0.29, 0.717) is 16.5 Å². The van der Waals surface area contributed by atoms with Gasteiger partial charge >= 0.3 is 0 Å². The number of amides is 1. The fourth-order valence-electron chi connectivity index (χ4n) is 3.39. The molecule has 0 aliphatic heterocycles. The Morgan fingerprint density at radius 2 is 2.04 bits per heavy atom. The number of carbonyl (C=O) groups is 1. The van der Waals surface area contributed by atoms with Crippen molar-refractivity contribution in [1.29, 1.82) is 0 Å². The number of hydrogen-bond donors (Lipinski definition) is 2. The van der Waals surface area contributed by atoms with Crippen molar-refractivity contribution < 1.29 is 9.53 Å². The molecule has 2 N–H and O–H groups in total. The van der Waals surface area contributed by atoms with Gasteiger partial charge < -0.3 is 15.0 Å². The number of benzene rings is 2. The zero-order valence-electron chi connectivity index (χ0n) is 14.2. The number of methoxy groups -OCH3 is 1. The number of rotatable bonds is 4. The van der Waals surface area contributed by atoms with E-state index in [-0.39, 0.29) is 5.91 Å². The van der Waals surface area contributed by atoms with Gasteiger partial charge in [-0.2, -0.15) is 0 Å². The molecule has 1 aliphatic rings. The normalized spacial score (nSPS) is 15.2. The van der Waals surface area contributed by atoms with E-state index in [1.807, 2.05) is 49.5 Å². The van der Waals surface area contributed by atoms with Crippen LogP contribution in [-0.2, 0) is 10.2 Å². The molecule has 0 saturated heterocycles. The molecule has 4 nitrogen and oxygen atoms in total. The standard InChI is InChI=1S/C20H19ClN2O2/c1-12-3-6-18(25-2)17(9-12)23-19(24)20(7-8-20)15-11-22-16-5-4-13(21)10-14(15)16/h3-6,9-11,22H,7-8H2,1-2H3,(H,23,24). The molecular weight excluding hydrogens is 336 g/mol. The summed E-state index contributed by atoms with van der Waals surface area (Å²) in [7, 11) is 1.61. The predicted molar refractivity (Wildman–Crippen MR) is 101 cm³/mol. The van der Waals surface area contributed by atoms with E-state index in [2.05, 4.69) is 10.3 Å². The molecule has 0 spiro atoms. The summed E-state index contributed by atoms with van der Waals surface area (Å²) in [5.41, 5.74) is 3.27. The second-order valence-corrected chi connectivity index (χ2v) is 7.07. The number of anilines is 1. The fraction of sp³-hybridized carbons (Fsp3) is 0.250. The zero-order valence-corrected chi connectivity index (χ0v) is 14.9. The first-order chi connectivity index (χ1) is 12.0. The van der Waals surface area contributed by atoms with Crippen molar-refractivity contribution in [3.8, 4) is 5.75 Å². The van der Waals surface area contributed by atoms with Crippen LogP contribution in [-0.4, -0.2) is 18.0 Å². The minimum absolute atomic E-state index is 0.00252. The van der Waals surface area contributed by atoms with Gasteiger partial charge in [-0.05, 0) is 61.2 Å². The largest absolute Gasteiger partial charge is 0.495 e. The number of aryl methyl sites for hydroxylation is 1. The Labute approximate surface area is 151 Å². The minimum atomic E-state index is -0.502. The van der Waals surface area contributed by atoms with Crippen molar-refractivity contribution in [3.05, 3.63) is 58.7 Å². The molecule has 25 heavy (non-hydrogen) atoms. The fourth-order valence-corrected chi connectivity index (χ4v) is 3.57. The monoisotopic (exact) mass is 354 g/mol. The lowest BCUT2D eigenvalue weighted by Gasteiger charge is -2.17. The number of aromatic amines is 1. The van der Waals surface area contributed by atoms with Gasteiger partial charge in [-0.3, -0.25) is 4.79 Å². The lowest BCUT2D eigenvalue weighted by atomic mass is 9.94. The van der Waals surface area contributed by atoms with Crippen LogP contribution in [0.1, 0.15) is 24.0 Å². The van der Waals surface area contributed by atoms with E-state index in [4.69, 9.17) is 16.3 Å². The van der Waals surface area contributed by atoms with E-state index in [1.165, 1.54) is 0 Å². The highest BCUT2D eigenvalue weighted by molar-refractivity contribution is 6.31. The zero-order chi connectivity index (χ0) is 17.6. The minimum Gasteiger partial charge on any atom is -0.495 e. The van der Waals surface area contributed by atoms with Crippen LogP contribution < -0.4 is 10.1 Å². The number of aromatic nitrogens is 1. The van der Waals surface area contributed by atoms with Gasteiger partial charge in [0.25, 0.3) is 0 Å². The Bertz CT molecular complexity index is 973. The first kappa shape index (κ1) is 16.0. The SMILES string of the molecule is COc1ccc(C)cc1NC(=O)C1(c2c[nH]c3ccc(Cl)cc23)CC1. The summed E-state index contributed by atoms with van der Waals surface area (Å²) >= 11 is 6.15. The number of hydrogen-bond acceptors (Lipinski definition) is 2. The number of ether oxygens (including phenoxy) is 1. The van der Waals surface area contributed by atoms with Crippen LogP contribution in [0.25, 0.3) is 10.9 Å². The summed E-state index contributed by atoms with van der Waals surface area (Å²) in [6.45, 7) is 1.99. The first-order valence-corrected chi connectivity index (χ1v) is 8.64. The molecule has 1 saturated carbocycles. The summed E-state index contributed by atoms with van der Waals surface area (Å²) < 4.78 is 5.37. The molecule has 1 aromatic heterocycles. The molecule has 0 bridgehead atoms. The lowest BCUT2D eigenvalue weighted by Crippen LogP contribution is -2.27. The number of halogens is 1. The lowest BCUT2D eigenvalue weighted by molar-refractivity contribution is -0.118. The molecule has 1 aliphatic carbocycles. The third-order valence-corrected chi connectivity index (χ3v) is 5.18. The summed E-state index contributed by atoms with van der Waals surface area (Å²) in [5.74, 6) is 0.661. The van der Waals surface area contributed by atoms with Crippen molar-refractivity contribution in [3.63, 3.8) is 0 Å². The van der Waals surface area contributed by atoms with Crippen molar-refractivity contribution >= 4 is 34.1 Å². The predicted octanol–water partition coefficient (Wildman–Crippen LogP) is 4.81. The number of nitrogens with one attached hydrogen (secondary N) is 2. The second-order valence-electron chi connectivity index (χ2n) is 6.63. The third kappa shape index (κ3) is 2.67. The molecule has 1 amide bonds. The number of H-pyrrole nitrogens is 1. The Kier molecular flexibility index (Phi) is 3.73. The summed E-state index contributed by atoms with van der Waals surface area (Å²) in [6, 6.07) is 11.5. The van der Waals surface area contributed by atoms with Crippen LogP contribution in [0.4, 0.5) is 5.69 Å². The molecule has 0 atom stereocenters. The molecule has 5 heteroatoms. The Balaban J connectivity index is 1.70. The van der Waals surface area contributed by atoms with E-state index in [1.54, 1.807) is 7.11 Å². The highest BCUT2D eigenvalue weighted by atomic mass is 35.5. The molecule has 128 valence electrons. The Morgan fingerprint density at radius 3 is 2.76 bits per heavy atom. The van der Waals surface area contributed by atoms with Gasteiger partial charge in [0.1, 0.15) is 5.75 Å². The maximum Gasteiger partial charge on any atom is 0.235 e. The van der Waals surface area contributed by atoms with Gasteiger partial charge in [0, 0.05) is 22.1 Å². The second kappa shape index (κ2) is 5.81. The third-order valence-electron chi connectivity index (χ3n) is 4.95.